The quantitative estimate of drug-likeness (QED) is 0.679. The Bertz CT molecular complexity index is 220. The summed E-state index contributed by atoms with van der Waals surface area (Å²) in [6.45, 7) is 0. The lowest BCUT2D eigenvalue weighted by molar-refractivity contribution is 0.728. The Balaban J connectivity index is 1.89. The zero-order chi connectivity index (χ0) is 7.68. The van der Waals surface area contributed by atoms with Gasteiger partial charge >= 0.3 is 0 Å². The Morgan fingerprint density at radius 2 is 2.55 bits per heavy atom. The van der Waals surface area contributed by atoms with Gasteiger partial charge in [-0.3, -0.25) is 0 Å². The summed E-state index contributed by atoms with van der Waals surface area (Å²) in [5, 5.41) is 9.08. The van der Waals surface area contributed by atoms with Crippen LogP contribution in [0, 0.1) is 5.92 Å². The Hall–Kier alpha value is -0.150. The van der Waals surface area contributed by atoms with E-state index in [0.717, 1.165) is 17.3 Å². The summed E-state index contributed by atoms with van der Waals surface area (Å²) < 4.78 is 0. The lowest BCUT2D eigenvalue weighted by atomic mass is 10.2. The predicted octanol–water partition coefficient (Wildman–Crippen LogP) is 2.10. The lowest BCUT2D eigenvalue weighted by Crippen LogP contribution is -2.05. The summed E-state index contributed by atoms with van der Waals surface area (Å²) in [5.41, 5.74) is 1.76. The van der Waals surface area contributed by atoms with Gasteiger partial charge < -0.3 is 0 Å². The molecule has 0 saturated heterocycles. The molecule has 0 radical (unpaired) electrons. The van der Waals surface area contributed by atoms with Crippen LogP contribution >= 0.6 is 22.9 Å². The number of hydrogen-bond acceptors (Lipinski definition) is 3. The van der Waals surface area contributed by atoms with Crippen LogP contribution < -0.4 is 0 Å². The van der Waals surface area contributed by atoms with E-state index in [1.54, 1.807) is 16.8 Å². The van der Waals surface area contributed by atoms with Crippen molar-refractivity contribution in [2.75, 3.05) is 0 Å². The van der Waals surface area contributed by atoms with E-state index in [-0.39, 0.29) is 0 Å². The van der Waals surface area contributed by atoms with Gasteiger partial charge in [-0.2, -0.15) is 0 Å². The number of halogens is 1. The maximum atomic E-state index is 6.11. The fraction of sp³-hybridized carbons (Fsp3) is 0.714. The molecule has 0 aromatic carbocycles. The molecule has 60 valence electrons. The van der Waals surface area contributed by atoms with E-state index in [4.69, 9.17) is 11.6 Å². The van der Waals surface area contributed by atoms with Crippen LogP contribution in [0.5, 0.6) is 0 Å². The van der Waals surface area contributed by atoms with Gasteiger partial charge in [-0.1, -0.05) is 0 Å². The van der Waals surface area contributed by atoms with Crippen molar-refractivity contribution >= 4 is 22.9 Å². The Labute approximate surface area is 74.6 Å². The second kappa shape index (κ2) is 3.07. The van der Waals surface area contributed by atoms with Crippen LogP contribution in [-0.2, 0) is 6.42 Å². The number of nitrogens with zero attached hydrogens (tertiary/aromatic N) is 2. The van der Waals surface area contributed by atoms with Crippen molar-refractivity contribution in [3.05, 3.63) is 10.5 Å². The van der Waals surface area contributed by atoms with Gasteiger partial charge in [-0.05, 0) is 18.8 Å². The molecule has 4 heteroatoms. The van der Waals surface area contributed by atoms with Crippen LogP contribution in [-0.4, -0.2) is 15.6 Å². The Kier molecular flexibility index (Phi) is 2.09. The van der Waals surface area contributed by atoms with Crippen LogP contribution in [0.25, 0.3) is 0 Å². The highest BCUT2D eigenvalue weighted by Gasteiger charge is 2.30. The molecule has 1 heterocycles. The largest absolute Gasteiger partial charge is 0.147 e. The van der Waals surface area contributed by atoms with Crippen molar-refractivity contribution in [1.29, 1.82) is 0 Å². The fourth-order valence-electron chi connectivity index (χ4n) is 1.08. The van der Waals surface area contributed by atoms with Gasteiger partial charge in [0.05, 0.1) is 0 Å². The summed E-state index contributed by atoms with van der Waals surface area (Å²) in [6.07, 6.45) is 3.50. The summed E-state index contributed by atoms with van der Waals surface area (Å²) in [7, 11) is 0. The van der Waals surface area contributed by atoms with E-state index < -0.39 is 0 Å². The van der Waals surface area contributed by atoms with E-state index in [2.05, 4.69) is 10.2 Å². The standard InChI is InChI=1S/C7H9ClN2S/c8-6(5-1-2-5)3-7-10-9-4-11-7/h4-6H,1-3H2. The van der Waals surface area contributed by atoms with Crippen LogP contribution in [0.3, 0.4) is 0 Å². The molecular formula is C7H9ClN2S. The van der Waals surface area contributed by atoms with E-state index in [0.29, 0.717) is 5.38 Å². The summed E-state index contributed by atoms with van der Waals surface area (Å²) in [5.74, 6) is 0.751. The highest BCUT2D eigenvalue weighted by molar-refractivity contribution is 7.09. The topological polar surface area (TPSA) is 25.8 Å². The van der Waals surface area contributed by atoms with Crippen LogP contribution in [0.15, 0.2) is 5.51 Å². The average Bonchev–Trinajstić information content (AvgIpc) is 2.73. The first-order chi connectivity index (χ1) is 5.36. The van der Waals surface area contributed by atoms with Crippen molar-refractivity contribution < 1.29 is 0 Å². The zero-order valence-corrected chi connectivity index (χ0v) is 7.61. The Morgan fingerprint density at radius 3 is 3.09 bits per heavy atom. The molecule has 1 atom stereocenters. The van der Waals surface area contributed by atoms with Crippen molar-refractivity contribution in [3.63, 3.8) is 0 Å². The number of hydrogen-bond donors (Lipinski definition) is 0. The maximum Gasteiger partial charge on any atom is 0.118 e. The third-order valence-corrected chi connectivity index (χ3v) is 3.14. The normalized spacial score (nSPS) is 20.1. The molecule has 1 aliphatic rings. The number of aromatic nitrogens is 2. The van der Waals surface area contributed by atoms with Gasteiger partial charge in [0.1, 0.15) is 10.5 Å². The molecule has 2 rings (SSSR count). The smallest absolute Gasteiger partial charge is 0.118 e. The first-order valence-electron chi connectivity index (χ1n) is 3.75. The van der Waals surface area contributed by atoms with E-state index >= 15 is 0 Å². The molecular weight excluding hydrogens is 180 g/mol. The monoisotopic (exact) mass is 188 g/mol. The molecule has 0 N–H and O–H groups in total. The fourth-order valence-corrected chi connectivity index (χ4v) is 2.15. The number of rotatable bonds is 3. The van der Waals surface area contributed by atoms with Crippen LogP contribution in [0.1, 0.15) is 17.8 Å². The van der Waals surface area contributed by atoms with Crippen molar-refractivity contribution in [3.8, 4) is 0 Å². The molecule has 0 aliphatic heterocycles. The lowest BCUT2D eigenvalue weighted by Gasteiger charge is -2.02. The third-order valence-electron chi connectivity index (χ3n) is 1.91. The molecule has 1 aliphatic carbocycles. The van der Waals surface area contributed by atoms with E-state index in [1.807, 2.05) is 0 Å². The molecule has 0 spiro atoms. The van der Waals surface area contributed by atoms with Gasteiger partial charge in [-0.15, -0.1) is 33.1 Å². The SMILES string of the molecule is ClC(Cc1nncs1)C1CC1. The van der Waals surface area contributed by atoms with Gasteiger partial charge in [0.15, 0.2) is 0 Å². The first kappa shape index (κ1) is 7.50. The van der Waals surface area contributed by atoms with Gasteiger partial charge in [0, 0.05) is 11.8 Å². The molecule has 0 amide bonds. The van der Waals surface area contributed by atoms with E-state index in [1.165, 1.54) is 12.8 Å². The minimum absolute atomic E-state index is 0.294. The van der Waals surface area contributed by atoms with Crippen molar-refractivity contribution in [1.82, 2.24) is 10.2 Å². The molecule has 11 heavy (non-hydrogen) atoms. The molecule has 1 aromatic rings. The molecule has 1 unspecified atom stereocenters. The molecule has 0 bridgehead atoms. The predicted molar refractivity (Wildman–Crippen MR) is 46.0 cm³/mol. The van der Waals surface area contributed by atoms with Crippen molar-refractivity contribution in [2.24, 2.45) is 5.92 Å². The molecule has 1 aromatic heterocycles. The van der Waals surface area contributed by atoms with Gasteiger partial charge in [0.25, 0.3) is 0 Å². The van der Waals surface area contributed by atoms with Gasteiger partial charge in [0.2, 0.25) is 0 Å². The molecule has 1 saturated carbocycles. The highest BCUT2D eigenvalue weighted by atomic mass is 35.5. The van der Waals surface area contributed by atoms with Gasteiger partial charge in [-0.25, -0.2) is 0 Å². The highest BCUT2D eigenvalue weighted by Crippen LogP contribution is 2.37. The Morgan fingerprint density at radius 1 is 1.73 bits per heavy atom. The first-order valence-corrected chi connectivity index (χ1v) is 5.07. The average molecular weight is 189 g/mol. The molecule has 1 fully saturated rings. The van der Waals surface area contributed by atoms with Crippen LogP contribution in [0.4, 0.5) is 0 Å². The van der Waals surface area contributed by atoms with Crippen molar-refractivity contribution in [2.45, 2.75) is 24.6 Å². The summed E-state index contributed by atoms with van der Waals surface area (Å²) in [4.78, 5) is 0. The minimum Gasteiger partial charge on any atom is -0.147 e. The second-order valence-corrected chi connectivity index (χ2v) is 4.37. The van der Waals surface area contributed by atoms with E-state index in [9.17, 15) is 0 Å². The maximum absolute atomic E-state index is 6.11. The third kappa shape index (κ3) is 1.91. The second-order valence-electron chi connectivity index (χ2n) is 2.89. The minimum atomic E-state index is 0.294. The van der Waals surface area contributed by atoms with Crippen LogP contribution in [0.2, 0.25) is 0 Å². The number of alkyl halides is 1. The zero-order valence-electron chi connectivity index (χ0n) is 6.03. The summed E-state index contributed by atoms with van der Waals surface area (Å²) >= 11 is 7.70. The molecule has 2 nitrogen and oxygen atoms in total. The summed E-state index contributed by atoms with van der Waals surface area (Å²) in [6, 6.07) is 0.